The summed E-state index contributed by atoms with van der Waals surface area (Å²) < 4.78 is 13.6. The van der Waals surface area contributed by atoms with Gasteiger partial charge < -0.3 is 13.7 Å². The fourth-order valence-electron chi connectivity index (χ4n) is 2.79. The summed E-state index contributed by atoms with van der Waals surface area (Å²) in [7, 11) is 0. The highest BCUT2D eigenvalue weighted by molar-refractivity contribution is 5.47. The molecule has 4 nitrogen and oxygen atoms in total. The lowest BCUT2D eigenvalue weighted by molar-refractivity contribution is 0.0485. The van der Waals surface area contributed by atoms with E-state index in [9.17, 15) is 0 Å². The number of furan rings is 1. The zero-order valence-corrected chi connectivity index (χ0v) is 12.0. The van der Waals surface area contributed by atoms with Crippen LogP contribution in [0.1, 0.15) is 31.9 Å². The Hall–Kier alpha value is -1.55. The highest BCUT2D eigenvalue weighted by atomic mass is 16.5. The average molecular weight is 274 g/mol. The lowest BCUT2D eigenvalue weighted by Crippen LogP contribution is -2.22. The molecule has 4 heteroatoms. The Morgan fingerprint density at radius 2 is 2.35 bits per heavy atom. The van der Waals surface area contributed by atoms with Gasteiger partial charge in [-0.2, -0.15) is 0 Å². The molecular weight excluding hydrogens is 252 g/mol. The Labute approximate surface area is 119 Å². The molecule has 1 aliphatic rings. The van der Waals surface area contributed by atoms with Crippen molar-refractivity contribution in [2.45, 2.75) is 39.2 Å². The van der Waals surface area contributed by atoms with E-state index in [1.807, 2.05) is 18.5 Å². The Kier molecular flexibility index (Phi) is 4.21. The Bertz CT molecular complexity index is 538. The van der Waals surface area contributed by atoms with Gasteiger partial charge in [-0.05, 0) is 31.4 Å². The van der Waals surface area contributed by atoms with Crippen LogP contribution in [0.3, 0.4) is 0 Å². The zero-order chi connectivity index (χ0) is 13.8. The first-order valence-electron chi connectivity index (χ1n) is 7.54. The summed E-state index contributed by atoms with van der Waals surface area (Å²) in [6, 6.07) is 4.09. The van der Waals surface area contributed by atoms with E-state index in [0.29, 0.717) is 5.92 Å². The van der Waals surface area contributed by atoms with Crippen LogP contribution in [0.2, 0.25) is 0 Å². The van der Waals surface area contributed by atoms with E-state index >= 15 is 0 Å². The molecule has 1 unspecified atom stereocenters. The van der Waals surface area contributed by atoms with Crippen LogP contribution in [0, 0.1) is 5.92 Å². The van der Waals surface area contributed by atoms with Crippen LogP contribution in [-0.2, 0) is 17.7 Å². The van der Waals surface area contributed by atoms with Gasteiger partial charge in [-0.15, -0.1) is 0 Å². The molecule has 1 fully saturated rings. The molecule has 1 saturated heterocycles. The van der Waals surface area contributed by atoms with E-state index < -0.39 is 0 Å². The molecule has 20 heavy (non-hydrogen) atoms. The van der Waals surface area contributed by atoms with Gasteiger partial charge in [0.2, 0.25) is 0 Å². The first-order chi connectivity index (χ1) is 9.86. The monoisotopic (exact) mass is 274 g/mol. The van der Waals surface area contributed by atoms with Crippen molar-refractivity contribution in [3.05, 3.63) is 30.3 Å². The fraction of sp³-hybridized carbons (Fsp3) is 0.562. The van der Waals surface area contributed by atoms with Gasteiger partial charge in [-0.3, -0.25) is 0 Å². The highest BCUT2D eigenvalue weighted by Gasteiger charge is 2.17. The average Bonchev–Trinajstić information content (AvgIpc) is 3.09. The molecule has 0 aliphatic carbocycles. The van der Waals surface area contributed by atoms with Crippen molar-refractivity contribution >= 4 is 0 Å². The van der Waals surface area contributed by atoms with Gasteiger partial charge in [-0.25, -0.2) is 4.98 Å². The number of hydrogen-bond acceptors (Lipinski definition) is 3. The zero-order valence-electron chi connectivity index (χ0n) is 12.0. The summed E-state index contributed by atoms with van der Waals surface area (Å²) in [6.07, 6.45) is 8.36. The van der Waals surface area contributed by atoms with Gasteiger partial charge in [-0.1, -0.05) is 6.92 Å². The number of ether oxygens (including phenoxy) is 1. The van der Waals surface area contributed by atoms with Crippen LogP contribution in [0.15, 0.2) is 28.9 Å². The van der Waals surface area contributed by atoms with Gasteiger partial charge in [0.1, 0.15) is 5.76 Å². The lowest BCUT2D eigenvalue weighted by Gasteiger charge is -2.22. The summed E-state index contributed by atoms with van der Waals surface area (Å²) in [5, 5.41) is 0. The standard InChI is InChI=1S/C16H22N2O2/c1-2-4-14-6-7-15(20-14)16-17-8-9-18(16)11-13-5-3-10-19-12-13/h6-9,13H,2-5,10-12H2,1H3. The van der Waals surface area contributed by atoms with Gasteiger partial charge in [0.05, 0.1) is 6.61 Å². The second-order valence-electron chi connectivity index (χ2n) is 5.50. The lowest BCUT2D eigenvalue weighted by atomic mass is 10.0. The van der Waals surface area contributed by atoms with Crippen molar-refractivity contribution in [1.29, 1.82) is 0 Å². The molecule has 3 rings (SSSR count). The predicted octanol–water partition coefficient (Wildman–Crippen LogP) is 3.52. The topological polar surface area (TPSA) is 40.2 Å². The summed E-state index contributed by atoms with van der Waals surface area (Å²) in [4.78, 5) is 4.45. The molecule has 0 amide bonds. The molecule has 2 aromatic heterocycles. The molecular formula is C16H22N2O2. The smallest absolute Gasteiger partial charge is 0.176 e. The van der Waals surface area contributed by atoms with Crippen molar-refractivity contribution < 1.29 is 9.15 Å². The minimum atomic E-state index is 0.585. The van der Waals surface area contributed by atoms with Crippen LogP contribution < -0.4 is 0 Å². The summed E-state index contributed by atoms with van der Waals surface area (Å²) in [6.45, 7) is 4.88. The minimum absolute atomic E-state index is 0.585. The molecule has 0 saturated carbocycles. The maximum Gasteiger partial charge on any atom is 0.176 e. The van der Waals surface area contributed by atoms with Crippen molar-refractivity contribution in [3.63, 3.8) is 0 Å². The largest absolute Gasteiger partial charge is 0.458 e. The second kappa shape index (κ2) is 6.27. The van der Waals surface area contributed by atoms with Crippen LogP contribution in [-0.4, -0.2) is 22.8 Å². The van der Waals surface area contributed by atoms with Crippen LogP contribution in [0.25, 0.3) is 11.6 Å². The number of hydrogen-bond donors (Lipinski definition) is 0. The third-order valence-corrected chi connectivity index (χ3v) is 3.80. The highest BCUT2D eigenvalue weighted by Crippen LogP contribution is 2.24. The molecule has 0 bridgehead atoms. The first-order valence-corrected chi connectivity index (χ1v) is 7.54. The summed E-state index contributed by atoms with van der Waals surface area (Å²) in [5.74, 6) is 3.42. The normalized spacial score (nSPS) is 19.4. The summed E-state index contributed by atoms with van der Waals surface area (Å²) in [5.41, 5.74) is 0. The third-order valence-electron chi connectivity index (χ3n) is 3.80. The van der Waals surface area contributed by atoms with E-state index in [2.05, 4.69) is 22.5 Å². The van der Waals surface area contributed by atoms with Gasteiger partial charge in [0.25, 0.3) is 0 Å². The predicted molar refractivity (Wildman–Crippen MR) is 77.5 cm³/mol. The van der Waals surface area contributed by atoms with Crippen molar-refractivity contribution in [1.82, 2.24) is 9.55 Å². The molecule has 0 N–H and O–H groups in total. The van der Waals surface area contributed by atoms with Crippen molar-refractivity contribution in [2.75, 3.05) is 13.2 Å². The van der Waals surface area contributed by atoms with Gasteiger partial charge in [0, 0.05) is 37.9 Å². The minimum Gasteiger partial charge on any atom is -0.458 e. The van der Waals surface area contributed by atoms with E-state index in [4.69, 9.17) is 9.15 Å². The summed E-state index contributed by atoms with van der Waals surface area (Å²) >= 11 is 0. The molecule has 0 spiro atoms. The van der Waals surface area contributed by atoms with E-state index in [1.165, 1.54) is 6.42 Å². The molecule has 0 radical (unpaired) electrons. The number of aryl methyl sites for hydroxylation is 1. The van der Waals surface area contributed by atoms with Crippen LogP contribution >= 0.6 is 0 Å². The molecule has 108 valence electrons. The van der Waals surface area contributed by atoms with Gasteiger partial charge >= 0.3 is 0 Å². The molecule has 2 aromatic rings. The van der Waals surface area contributed by atoms with E-state index in [1.54, 1.807) is 0 Å². The number of imidazole rings is 1. The molecule has 1 aliphatic heterocycles. The maximum atomic E-state index is 5.88. The maximum absolute atomic E-state index is 5.88. The third kappa shape index (κ3) is 2.96. The Morgan fingerprint density at radius 3 is 3.15 bits per heavy atom. The van der Waals surface area contributed by atoms with Crippen LogP contribution in [0.5, 0.6) is 0 Å². The van der Waals surface area contributed by atoms with Crippen molar-refractivity contribution in [3.8, 4) is 11.6 Å². The SMILES string of the molecule is CCCc1ccc(-c2nccn2CC2CCCOC2)o1. The quantitative estimate of drug-likeness (QED) is 0.837. The van der Waals surface area contributed by atoms with E-state index in [0.717, 1.165) is 56.4 Å². The fourth-order valence-corrected chi connectivity index (χ4v) is 2.79. The number of aromatic nitrogens is 2. The molecule has 0 aromatic carbocycles. The Balaban J connectivity index is 1.74. The number of nitrogens with zero attached hydrogens (tertiary/aromatic N) is 2. The number of rotatable bonds is 5. The van der Waals surface area contributed by atoms with Crippen LogP contribution in [0.4, 0.5) is 0 Å². The van der Waals surface area contributed by atoms with E-state index in [-0.39, 0.29) is 0 Å². The Morgan fingerprint density at radius 1 is 1.40 bits per heavy atom. The van der Waals surface area contributed by atoms with Crippen molar-refractivity contribution in [2.24, 2.45) is 5.92 Å². The van der Waals surface area contributed by atoms with Gasteiger partial charge in [0.15, 0.2) is 11.6 Å². The molecule has 1 atom stereocenters. The second-order valence-corrected chi connectivity index (χ2v) is 5.50. The first kappa shape index (κ1) is 13.4. The molecule has 3 heterocycles.